The smallest absolute Gasteiger partial charge is 0.121 e. The first-order valence-corrected chi connectivity index (χ1v) is 8.13. The van der Waals surface area contributed by atoms with Crippen LogP contribution in [0.4, 0.5) is 5.69 Å². The number of nitrogens with one attached hydrogen (secondary N) is 1. The number of benzene rings is 1. The van der Waals surface area contributed by atoms with E-state index in [0.29, 0.717) is 29.6 Å². The van der Waals surface area contributed by atoms with Crippen molar-refractivity contribution in [1.82, 2.24) is 0 Å². The molecule has 0 atom stereocenters. The Morgan fingerprint density at radius 1 is 1.33 bits per heavy atom. The van der Waals surface area contributed by atoms with Gasteiger partial charge in [-0.1, -0.05) is 6.58 Å². The lowest BCUT2D eigenvalue weighted by Crippen LogP contribution is -2.23. The molecule has 0 radical (unpaired) electrons. The SMILES string of the molecule is C=C(N)C(/C(=N\C)C1=Cc2ccc(OC3CC3)cc2NC1)=C(/C)N. The van der Waals surface area contributed by atoms with E-state index >= 15 is 0 Å². The van der Waals surface area contributed by atoms with Gasteiger partial charge in [0.05, 0.1) is 11.8 Å². The lowest BCUT2D eigenvalue weighted by atomic mass is 9.94. The number of hydrogen-bond acceptors (Lipinski definition) is 5. The summed E-state index contributed by atoms with van der Waals surface area (Å²) >= 11 is 0. The average molecular weight is 324 g/mol. The molecule has 5 nitrogen and oxygen atoms in total. The Balaban J connectivity index is 1.91. The molecule has 24 heavy (non-hydrogen) atoms. The number of aliphatic imine (C=N–C) groups is 1. The maximum Gasteiger partial charge on any atom is 0.121 e. The van der Waals surface area contributed by atoms with Crippen LogP contribution >= 0.6 is 0 Å². The Bertz CT molecular complexity index is 766. The average Bonchev–Trinajstić information content (AvgIpc) is 3.35. The molecule has 0 saturated heterocycles. The van der Waals surface area contributed by atoms with E-state index in [0.717, 1.165) is 41.1 Å². The van der Waals surface area contributed by atoms with Crippen molar-refractivity contribution in [2.24, 2.45) is 16.5 Å². The normalized spacial score (nSPS) is 18.1. The van der Waals surface area contributed by atoms with Crippen molar-refractivity contribution in [3.05, 3.63) is 52.9 Å². The standard InChI is InChI=1S/C19H24N4O/c1-11(20)18(12(2)21)19(22-3)14-8-13-4-5-16(24-15-6-7-15)9-17(13)23-10-14/h4-5,8-9,15,23H,1,6-7,10,20-21H2,2-3H3/b18-12+,22-19-. The molecule has 1 saturated carbocycles. The highest BCUT2D eigenvalue weighted by Crippen LogP contribution is 2.33. The van der Waals surface area contributed by atoms with E-state index in [1.807, 2.05) is 13.0 Å². The summed E-state index contributed by atoms with van der Waals surface area (Å²) in [6.45, 7) is 6.28. The third kappa shape index (κ3) is 3.30. The molecular formula is C19H24N4O. The first kappa shape index (κ1) is 16.2. The van der Waals surface area contributed by atoms with Crippen LogP contribution in [0.5, 0.6) is 5.75 Å². The van der Waals surface area contributed by atoms with Crippen LogP contribution in [0, 0.1) is 0 Å². The van der Waals surface area contributed by atoms with Gasteiger partial charge in [0.2, 0.25) is 0 Å². The second-order valence-corrected chi connectivity index (χ2v) is 6.24. The minimum atomic E-state index is 0.396. The van der Waals surface area contributed by atoms with Crippen LogP contribution in [0.1, 0.15) is 25.3 Å². The van der Waals surface area contributed by atoms with Crippen LogP contribution < -0.4 is 21.5 Å². The Kier molecular flexibility index (Phi) is 4.34. The van der Waals surface area contributed by atoms with Crippen molar-refractivity contribution in [3.8, 4) is 5.75 Å². The number of hydrogen-bond donors (Lipinski definition) is 3. The fourth-order valence-corrected chi connectivity index (χ4v) is 2.86. The highest BCUT2D eigenvalue weighted by Gasteiger charge is 2.24. The molecule has 1 aromatic rings. The molecule has 126 valence electrons. The van der Waals surface area contributed by atoms with Crippen molar-refractivity contribution in [3.63, 3.8) is 0 Å². The van der Waals surface area contributed by atoms with Gasteiger partial charge >= 0.3 is 0 Å². The van der Waals surface area contributed by atoms with E-state index in [9.17, 15) is 0 Å². The summed E-state index contributed by atoms with van der Waals surface area (Å²) in [7, 11) is 1.74. The van der Waals surface area contributed by atoms with Crippen molar-refractivity contribution >= 4 is 17.5 Å². The second-order valence-electron chi connectivity index (χ2n) is 6.24. The quantitative estimate of drug-likeness (QED) is 0.574. The molecule has 0 amide bonds. The Morgan fingerprint density at radius 2 is 2.08 bits per heavy atom. The molecule has 0 aromatic heterocycles. The molecule has 1 fully saturated rings. The lowest BCUT2D eigenvalue weighted by Gasteiger charge is -2.22. The molecule has 0 bridgehead atoms. The van der Waals surface area contributed by atoms with E-state index in [-0.39, 0.29) is 0 Å². The largest absolute Gasteiger partial charge is 0.490 e. The van der Waals surface area contributed by atoms with E-state index in [1.54, 1.807) is 7.05 Å². The third-order valence-electron chi connectivity index (χ3n) is 4.13. The fourth-order valence-electron chi connectivity index (χ4n) is 2.86. The summed E-state index contributed by atoms with van der Waals surface area (Å²) in [4.78, 5) is 4.40. The van der Waals surface area contributed by atoms with Crippen LogP contribution in [0.15, 0.2) is 52.3 Å². The van der Waals surface area contributed by atoms with Gasteiger partial charge in [-0.25, -0.2) is 0 Å². The van der Waals surface area contributed by atoms with E-state index in [2.05, 4.69) is 35.1 Å². The predicted octanol–water partition coefficient (Wildman–Crippen LogP) is 2.81. The number of ether oxygens (including phenoxy) is 1. The summed E-state index contributed by atoms with van der Waals surface area (Å²) in [6, 6.07) is 6.12. The van der Waals surface area contributed by atoms with Crippen molar-refractivity contribution in [2.75, 3.05) is 18.9 Å². The van der Waals surface area contributed by atoms with Crippen molar-refractivity contribution < 1.29 is 4.74 Å². The van der Waals surface area contributed by atoms with E-state index in [1.165, 1.54) is 0 Å². The maximum absolute atomic E-state index is 5.98. The number of allylic oxidation sites excluding steroid dienone is 2. The first-order valence-electron chi connectivity index (χ1n) is 8.13. The van der Waals surface area contributed by atoms with Gasteiger partial charge in [0.25, 0.3) is 0 Å². The van der Waals surface area contributed by atoms with Crippen LogP contribution in [-0.4, -0.2) is 25.4 Å². The van der Waals surface area contributed by atoms with Crippen LogP contribution in [0.3, 0.4) is 0 Å². The zero-order valence-electron chi connectivity index (χ0n) is 14.2. The van der Waals surface area contributed by atoms with Gasteiger partial charge in [-0.2, -0.15) is 0 Å². The minimum Gasteiger partial charge on any atom is -0.490 e. The molecule has 5 heteroatoms. The second kappa shape index (κ2) is 6.43. The summed E-state index contributed by atoms with van der Waals surface area (Å²) in [5, 5.41) is 3.43. The zero-order valence-corrected chi connectivity index (χ0v) is 14.2. The lowest BCUT2D eigenvalue weighted by molar-refractivity contribution is 0.303. The number of rotatable bonds is 5. The topological polar surface area (TPSA) is 85.7 Å². The number of nitrogens with two attached hydrogens (primary N) is 2. The summed E-state index contributed by atoms with van der Waals surface area (Å²) in [6.07, 6.45) is 4.82. The van der Waals surface area contributed by atoms with Gasteiger partial charge < -0.3 is 21.5 Å². The highest BCUT2D eigenvalue weighted by molar-refractivity contribution is 6.18. The van der Waals surface area contributed by atoms with Gasteiger partial charge in [-0.15, -0.1) is 0 Å². The van der Waals surface area contributed by atoms with Gasteiger partial charge in [-0.3, -0.25) is 4.99 Å². The van der Waals surface area contributed by atoms with Crippen LogP contribution in [0.25, 0.3) is 6.08 Å². The molecule has 5 N–H and O–H groups in total. The summed E-state index contributed by atoms with van der Waals surface area (Å²) in [5.41, 5.74) is 17.6. The molecule has 0 spiro atoms. The third-order valence-corrected chi connectivity index (χ3v) is 4.13. The monoisotopic (exact) mass is 324 g/mol. The minimum absolute atomic E-state index is 0.396. The number of fused-ring (bicyclic) bond motifs is 1. The Morgan fingerprint density at radius 3 is 2.67 bits per heavy atom. The Hall–Kier alpha value is -2.69. The Labute approximate surface area is 142 Å². The molecule has 1 aliphatic carbocycles. The van der Waals surface area contributed by atoms with Gasteiger partial charge in [-0.05, 0) is 49.1 Å². The predicted molar refractivity (Wildman–Crippen MR) is 100 cm³/mol. The van der Waals surface area contributed by atoms with Gasteiger partial charge in [0.1, 0.15) is 5.75 Å². The maximum atomic E-state index is 5.98. The zero-order chi connectivity index (χ0) is 17.3. The molecule has 1 aliphatic heterocycles. The molecule has 3 rings (SSSR count). The van der Waals surface area contributed by atoms with Crippen LogP contribution in [-0.2, 0) is 0 Å². The highest BCUT2D eigenvalue weighted by atomic mass is 16.5. The number of nitrogens with zero attached hydrogens (tertiary/aromatic N) is 1. The summed E-state index contributed by atoms with van der Waals surface area (Å²) in [5.74, 6) is 0.915. The van der Waals surface area contributed by atoms with Crippen LogP contribution in [0.2, 0.25) is 0 Å². The van der Waals surface area contributed by atoms with E-state index < -0.39 is 0 Å². The molecule has 0 unspecified atom stereocenters. The summed E-state index contributed by atoms with van der Waals surface area (Å²) < 4.78 is 5.85. The fraction of sp³-hybridized carbons (Fsp3) is 0.316. The first-order chi connectivity index (χ1) is 11.5. The van der Waals surface area contributed by atoms with Gasteiger partial charge in [0, 0.05) is 42.3 Å². The number of anilines is 1. The molecular weight excluding hydrogens is 300 g/mol. The van der Waals surface area contributed by atoms with Crippen molar-refractivity contribution in [1.29, 1.82) is 0 Å². The molecule has 2 aliphatic rings. The molecule has 1 aromatic carbocycles. The molecule has 1 heterocycles. The van der Waals surface area contributed by atoms with E-state index in [4.69, 9.17) is 16.2 Å². The van der Waals surface area contributed by atoms with Gasteiger partial charge in [0.15, 0.2) is 0 Å². The van der Waals surface area contributed by atoms with Crippen molar-refractivity contribution in [2.45, 2.75) is 25.9 Å².